The van der Waals surface area contributed by atoms with E-state index in [0.29, 0.717) is 0 Å². The van der Waals surface area contributed by atoms with Crippen molar-refractivity contribution in [1.82, 2.24) is 9.55 Å². The van der Waals surface area contributed by atoms with Crippen LogP contribution in [0.25, 0.3) is 72.1 Å². The lowest BCUT2D eigenvalue weighted by Crippen LogP contribution is -2.25. The highest BCUT2D eigenvalue weighted by Crippen LogP contribution is 2.63. The summed E-state index contributed by atoms with van der Waals surface area (Å²) in [7, 11) is 0. The summed E-state index contributed by atoms with van der Waals surface area (Å²) >= 11 is 0. The molecule has 0 unspecified atom stereocenters. The first-order chi connectivity index (χ1) is 40.0. The number of aromatic nitrogens is 2. The van der Waals surface area contributed by atoms with Gasteiger partial charge in [0, 0.05) is 45.9 Å². The maximum absolute atomic E-state index is 6.78. The lowest BCUT2D eigenvalue weighted by Gasteiger charge is -2.30. The van der Waals surface area contributed by atoms with Gasteiger partial charge in [-0.3, -0.25) is 4.57 Å². The Bertz CT molecular complexity index is 4480. The van der Waals surface area contributed by atoms with Crippen LogP contribution >= 0.6 is 0 Å². The Hall–Kier alpha value is -9.45. The van der Waals surface area contributed by atoms with Gasteiger partial charge in [-0.05, 0) is 149 Å². The first-order valence-electron chi connectivity index (χ1n) is 29.2. The minimum Gasteiger partial charge on any atom is -0.457 e. The molecule has 0 fully saturated rings. The van der Waals surface area contributed by atoms with Gasteiger partial charge in [0.05, 0.1) is 33.5 Å². The molecule has 2 heterocycles. The second-order valence-electron chi connectivity index (χ2n) is 25.8. The van der Waals surface area contributed by atoms with Crippen LogP contribution in [0.3, 0.4) is 0 Å². The number of hydrogen-bond acceptors (Lipinski definition) is 4. The third-order valence-electron chi connectivity index (χ3n) is 17.4. The van der Waals surface area contributed by atoms with E-state index >= 15 is 0 Å². The van der Waals surface area contributed by atoms with Crippen molar-refractivity contribution in [3.63, 3.8) is 0 Å². The molecule has 14 rings (SSSR count). The molecule has 10 aromatic carbocycles. The first kappa shape index (κ1) is 51.7. The van der Waals surface area contributed by atoms with E-state index in [4.69, 9.17) is 9.72 Å². The Morgan fingerprint density at radius 3 is 1.57 bits per heavy atom. The van der Waals surface area contributed by atoms with Gasteiger partial charge in [0.1, 0.15) is 17.3 Å². The van der Waals surface area contributed by atoms with Crippen LogP contribution in [0, 0.1) is 0 Å². The van der Waals surface area contributed by atoms with E-state index in [-0.39, 0.29) is 16.2 Å². The molecule has 2 aromatic heterocycles. The zero-order valence-corrected chi connectivity index (χ0v) is 48.8. The van der Waals surface area contributed by atoms with Crippen LogP contribution in [0.15, 0.2) is 237 Å². The molecular weight excluding hydrogens is 1010 g/mol. The zero-order chi connectivity index (χ0) is 57.0. The largest absolute Gasteiger partial charge is 0.457 e. The van der Waals surface area contributed by atoms with E-state index < -0.39 is 5.41 Å². The van der Waals surface area contributed by atoms with Gasteiger partial charge in [0.2, 0.25) is 0 Å². The average Bonchev–Trinajstić information content (AvgIpc) is 2.57. The van der Waals surface area contributed by atoms with Crippen molar-refractivity contribution < 1.29 is 4.74 Å². The Morgan fingerprint density at radius 1 is 0.373 bits per heavy atom. The van der Waals surface area contributed by atoms with Gasteiger partial charge in [0.25, 0.3) is 0 Å². The molecule has 0 bridgehead atoms. The Balaban J connectivity index is 0.861. The molecule has 83 heavy (non-hydrogen) atoms. The molecular formula is C78H68N4O. The lowest BCUT2D eigenvalue weighted by molar-refractivity contribution is 0.483. The monoisotopic (exact) mass is 1080 g/mol. The zero-order valence-electron chi connectivity index (χ0n) is 48.8. The summed E-state index contributed by atoms with van der Waals surface area (Å²) in [6.07, 6.45) is 1.92. The molecule has 0 atom stereocenters. The molecule has 0 radical (unpaired) electrons. The number of ether oxygens (including phenoxy) is 1. The minimum atomic E-state index is -0.421. The molecule has 0 saturated carbocycles. The molecule has 12 aromatic rings. The number of nitrogens with one attached hydrogen (secondary N) is 2. The minimum absolute atomic E-state index is 0.0260. The van der Waals surface area contributed by atoms with Gasteiger partial charge < -0.3 is 15.4 Å². The Morgan fingerprint density at radius 2 is 0.904 bits per heavy atom. The van der Waals surface area contributed by atoms with Crippen molar-refractivity contribution >= 4 is 44.6 Å². The first-order valence-corrected chi connectivity index (χ1v) is 29.2. The van der Waals surface area contributed by atoms with Gasteiger partial charge in [-0.15, -0.1) is 0 Å². The number of pyridine rings is 1. The van der Waals surface area contributed by atoms with Crippen LogP contribution in [-0.2, 0) is 21.7 Å². The third kappa shape index (κ3) is 8.72. The summed E-state index contributed by atoms with van der Waals surface area (Å²) < 4.78 is 9.04. The van der Waals surface area contributed by atoms with E-state index in [1.807, 2.05) is 18.3 Å². The molecule has 5 nitrogen and oxygen atoms in total. The molecule has 2 aliphatic rings. The molecule has 0 aliphatic heterocycles. The topological polar surface area (TPSA) is 51.1 Å². The number of hydrogen-bond donors (Lipinski definition) is 2. The normalized spacial score (nSPS) is 13.2. The van der Waals surface area contributed by atoms with E-state index in [9.17, 15) is 0 Å². The Kier molecular flexibility index (Phi) is 12.0. The van der Waals surface area contributed by atoms with Crippen molar-refractivity contribution in [2.24, 2.45) is 0 Å². The highest BCUT2D eigenvalue weighted by atomic mass is 16.5. The number of rotatable bonds is 9. The van der Waals surface area contributed by atoms with Gasteiger partial charge >= 0.3 is 0 Å². The fourth-order valence-electron chi connectivity index (χ4n) is 13.1. The van der Waals surface area contributed by atoms with Gasteiger partial charge in [0.15, 0.2) is 0 Å². The summed E-state index contributed by atoms with van der Waals surface area (Å²) in [4.78, 5) is 4.91. The summed E-state index contributed by atoms with van der Waals surface area (Å²) in [6, 6.07) is 84.4. The Labute approximate surface area is 488 Å². The van der Waals surface area contributed by atoms with Crippen LogP contribution in [0.1, 0.15) is 101 Å². The number of benzene rings is 10. The maximum Gasteiger partial charge on any atom is 0.137 e. The van der Waals surface area contributed by atoms with E-state index in [1.54, 1.807) is 0 Å². The molecule has 0 saturated heterocycles. The molecule has 5 heteroatoms. The predicted molar refractivity (Wildman–Crippen MR) is 348 cm³/mol. The van der Waals surface area contributed by atoms with Gasteiger partial charge in [-0.2, -0.15) is 0 Å². The highest BCUT2D eigenvalue weighted by Gasteiger charge is 2.51. The van der Waals surface area contributed by atoms with Crippen molar-refractivity contribution in [2.75, 3.05) is 10.6 Å². The van der Waals surface area contributed by atoms with E-state index in [1.165, 1.54) is 72.1 Å². The summed E-state index contributed by atoms with van der Waals surface area (Å²) in [5, 5.41) is 10.3. The lowest BCUT2D eigenvalue weighted by atomic mass is 9.70. The third-order valence-corrected chi connectivity index (χ3v) is 17.4. The van der Waals surface area contributed by atoms with Crippen LogP contribution in [0.4, 0.5) is 22.7 Å². The fraction of sp³-hybridized carbons (Fsp3) is 0.167. The number of fused-ring (bicyclic) bond motifs is 13. The van der Waals surface area contributed by atoms with Crippen molar-refractivity contribution in [2.45, 2.75) is 84.0 Å². The second-order valence-corrected chi connectivity index (χ2v) is 25.8. The van der Waals surface area contributed by atoms with Crippen LogP contribution in [0.2, 0.25) is 0 Å². The molecule has 406 valence electrons. The second kappa shape index (κ2) is 19.3. The summed E-state index contributed by atoms with van der Waals surface area (Å²) in [5.74, 6) is 2.35. The average molecular weight is 1080 g/mol. The molecule has 0 amide bonds. The standard InChI is InChI=1S/C78H68N4O/c1-75(2,3)51-40-41-79-73(46-51)82-71-35-19-13-27-62(71)63-38-37-56(48-72(63)82)83-55-23-20-22-54(47-55)80-69-33-17-18-34-70(69)81-74-57(28-21-29-58(74)50-42-52(76(4,5)6)45-53(43-50)77(7,8)9)49-36-39-68-64(44-49)61-26-12-16-32-67(61)78(68)65-30-14-10-24-59(65)60-25-11-15-31-66(60)78/h10-48,80-81H,1-9H3. The predicted octanol–water partition coefficient (Wildman–Crippen LogP) is 21.0. The number of para-hydroxylation sites is 4. The highest BCUT2D eigenvalue weighted by molar-refractivity contribution is 6.09. The van der Waals surface area contributed by atoms with Crippen LogP contribution in [-0.4, -0.2) is 9.55 Å². The SMILES string of the molecule is CC(C)(C)c1cc(-c2cccc(-c3ccc4c(c3)-c3ccccc3C43c4ccccc4-c4ccccc43)c2Nc2ccccc2Nc2cccc(Oc3ccc4c5ccccc5n(-c5cc(C(C)(C)C)ccn5)c4c3)c2)cc(C(C)(C)C)c1. The molecule has 2 aliphatic carbocycles. The fourth-order valence-corrected chi connectivity index (χ4v) is 13.1. The van der Waals surface area contributed by atoms with Gasteiger partial charge in [-0.1, -0.05) is 220 Å². The van der Waals surface area contributed by atoms with E-state index in [0.717, 1.165) is 73.2 Å². The van der Waals surface area contributed by atoms with Crippen molar-refractivity contribution in [1.29, 1.82) is 0 Å². The maximum atomic E-state index is 6.78. The van der Waals surface area contributed by atoms with E-state index in [2.05, 4.69) is 296 Å². The molecule has 1 spiro atoms. The van der Waals surface area contributed by atoms with Crippen molar-refractivity contribution in [3.05, 3.63) is 276 Å². The summed E-state index contributed by atoms with van der Waals surface area (Å²) in [5.41, 5.74) is 24.3. The van der Waals surface area contributed by atoms with Crippen LogP contribution < -0.4 is 15.4 Å². The number of nitrogens with zero attached hydrogens (tertiary/aromatic N) is 2. The quantitative estimate of drug-likeness (QED) is 0.151. The smallest absolute Gasteiger partial charge is 0.137 e. The molecule has 2 N–H and O–H groups in total. The number of anilines is 4. The van der Waals surface area contributed by atoms with Crippen molar-refractivity contribution in [3.8, 4) is 61.8 Å². The summed E-state index contributed by atoms with van der Waals surface area (Å²) in [6.45, 7) is 20.6. The van der Waals surface area contributed by atoms with Gasteiger partial charge in [-0.25, -0.2) is 4.98 Å². The van der Waals surface area contributed by atoms with Crippen LogP contribution in [0.5, 0.6) is 11.5 Å².